The standard InChI is InChI=1S/C21H28N6O3/c1-15(2)23-20(28)14-25-7-9-26(10-8-25)21(29)19-12-16-11-18(13-27(16)24-19)30-17-3-5-22-6-4-17/h3-6,12,15,18H,7-11,13-14H2,1-2H3,(H,23,28). The molecule has 9 nitrogen and oxygen atoms in total. The molecule has 0 aliphatic carbocycles. The molecular weight excluding hydrogens is 384 g/mol. The van der Waals surface area contributed by atoms with Gasteiger partial charge in [0.1, 0.15) is 11.9 Å². The fraction of sp³-hybridized carbons (Fsp3) is 0.524. The molecule has 1 atom stereocenters. The molecule has 0 radical (unpaired) electrons. The largest absolute Gasteiger partial charge is 0.488 e. The van der Waals surface area contributed by atoms with Crippen molar-refractivity contribution in [2.75, 3.05) is 32.7 Å². The van der Waals surface area contributed by atoms with Crippen molar-refractivity contribution in [3.8, 4) is 5.75 Å². The van der Waals surface area contributed by atoms with E-state index < -0.39 is 0 Å². The second-order valence-corrected chi connectivity index (χ2v) is 8.12. The van der Waals surface area contributed by atoms with Crippen molar-refractivity contribution in [3.05, 3.63) is 42.0 Å². The minimum Gasteiger partial charge on any atom is -0.488 e. The normalized spacial score (nSPS) is 19.0. The van der Waals surface area contributed by atoms with Crippen molar-refractivity contribution < 1.29 is 14.3 Å². The number of rotatable bonds is 6. The van der Waals surface area contributed by atoms with E-state index in [0.717, 1.165) is 17.9 Å². The van der Waals surface area contributed by atoms with Gasteiger partial charge in [0, 0.05) is 56.7 Å². The number of piperazine rings is 1. The van der Waals surface area contributed by atoms with Crippen LogP contribution >= 0.6 is 0 Å². The van der Waals surface area contributed by atoms with Gasteiger partial charge in [-0.05, 0) is 32.0 Å². The summed E-state index contributed by atoms with van der Waals surface area (Å²) in [6, 6.07) is 5.68. The fourth-order valence-electron chi connectivity index (χ4n) is 3.90. The molecule has 1 N–H and O–H groups in total. The van der Waals surface area contributed by atoms with Gasteiger partial charge in [0.25, 0.3) is 5.91 Å². The second kappa shape index (κ2) is 8.83. The molecule has 30 heavy (non-hydrogen) atoms. The highest BCUT2D eigenvalue weighted by molar-refractivity contribution is 5.92. The summed E-state index contributed by atoms with van der Waals surface area (Å²) in [7, 11) is 0. The SMILES string of the molecule is CC(C)NC(=O)CN1CCN(C(=O)c2cc3n(n2)CC(Oc2ccncc2)C3)CC1. The van der Waals surface area contributed by atoms with E-state index in [4.69, 9.17) is 4.74 Å². The van der Waals surface area contributed by atoms with Crippen LogP contribution in [0.2, 0.25) is 0 Å². The van der Waals surface area contributed by atoms with Gasteiger partial charge in [0.2, 0.25) is 5.91 Å². The number of nitrogens with zero attached hydrogens (tertiary/aromatic N) is 5. The number of fused-ring (bicyclic) bond motifs is 1. The van der Waals surface area contributed by atoms with Gasteiger partial charge in [0.05, 0.1) is 13.1 Å². The molecule has 0 spiro atoms. The molecule has 0 bridgehead atoms. The number of ether oxygens (including phenoxy) is 1. The fourth-order valence-corrected chi connectivity index (χ4v) is 3.90. The lowest BCUT2D eigenvalue weighted by Gasteiger charge is -2.34. The first-order valence-corrected chi connectivity index (χ1v) is 10.4. The van der Waals surface area contributed by atoms with E-state index in [1.807, 2.05) is 41.6 Å². The minimum atomic E-state index is -0.0465. The van der Waals surface area contributed by atoms with E-state index in [2.05, 4.69) is 20.3 Å². The van der Waals surface area contributed by atoms with Gasteiger partial charge >= 0.3 is 0 Å². The molecule has 2 aliphatic rings. The van der Waals surface area contributed by atoms with E-state index in [9.17, 15) is 9.59 Å². The molecule has 0 saturated carbocycles. The Morgan fingerprint density at radius 2 is 1.93 bits per heavy atom. The summed E-state index contributed by atoms with van der Waals surface area (Å²) in [5.74, 6) is 0.769. The highest BCUT2D eigenvalue weighted by atomic mass is 16.5. The Morgan fingerprint density at radius 3 is 2.60 bits per heavy atom. The van der Waals surface area contributed by atoms with Crippen molar-refractivity contribution in [2.45, 2.75) is 39.0 Å². The van der Waals surface area contributed by atoms with Crippen LogP contribution in [-0.4, -0.2) is 81.2 Å². The highest BCUT2D eigenvalue weighted by Gasteiger charge is 2.29. The quantitative estimate of drug-likeness (QED) is 0.746. The van der Waals surface area contributed by atoms with Crippen LogP contribution in [-0.2, 0) is 17.8 Å². The average Bonchev–Trinajstić information content (AvgIpc) is 3.27. The zero-order valence-electron chi connectivity index (χ0n) is 17.5. The maximum atomic E-state index is 12.9. The van der Waals surface area contributed by atoms with Gasteiger partial charge in [-0.15, -0.1) is 0 Å². The first-order chi connectivity index (χ1) is 14.5. The van der Waals surface area contributed by atoms with E-state index in [0.29, 0.717) is 45.0 Å². The molecule has 4 rings (SSSR count). The third-order valence-electron chi connectivity index (χ3n) is 5.32. The predicted molar refractivity (Wildman–Crippen MR) is 110 cm³/mol. The summed E-state index contributed by atoms with van der Waals surface area (Å²) in [6.07, 6.45) is 4.15. The van der Waals surface area contributed by atoms with Crippen LogP contribution < -0.4 is 10.1 Å². The predicted octanol–water partition coefficient (Wildman–Crippen LogP) is 0.564. The lowest BCUT2D eigenvalue weighted by molar-refractivity contribution is -0.123. The van der Waals surface area contributed by atoms with Crippen molar-refractivity contribution >= 4 is 11.8 Å². The summed E-state index contributed by atoms with van der Waals surface area (Å²) in [6.45, 7) is 7.48. The summed E-state index contributed by atoms with van der Waals surface area (Å²) < 4.78 is 7.83. The number of hydrogen-bond donors (Lipinski definition) is 1. The van der Waals surface area contributed by atoms with Crippen molar-refractivity contribution in [1.29, 1.82) is 0 Å². The molecule has 4 heterocycles. The Kier molecular flexibility index (Phi) is 5.98. The van der Waals surface area contributed by atoms with Gasteiger partial charge in [-0.3, -0.25) is 24.2 Å². The number of amides is 2. The molecule has 2 aromatic rings. The molecule has 9 heteroatoms. The molecule has 2 amide bonds. The molecule has 1 fully saturated rings. The van der Waals surface area contributed by atoms with E-state index in [1.54, 1.807) is 12.4 Å². The lowest BCUT2D eigenvalue weighted by Crippen LogP contribution is -2.51. The van der Waals surface area contributed by atoms with Gasteiger partial charge < -0.3 is 15.0 Å². The first-order valence-electron chi connectivity index (χ1n) is 10.4. The first kappa shape index (κ1) is 20.3. The minimum absolute atomic E-state index is 0.0135. The number of carbonyl (C=O) groups is 2. The number of pyridine rings is 1. The van der Waals surface area contributed by atoms with Gasteiger partial charge in [0.15, 0.2) is 5.69 Å². The Morgan fingerprint density at radius 1 is 1.20 bits per heavy atom. The van der Waals surface area contributed by atoms with Crippen LogP contribution in [0.4, 0.5) is 0 Å². The Labute approximate surface area is 176 Å². The van der Waals surface area contributed by atoms with Crippen LogP contribution in [0.5, 0.6) is 5.75 Å². The molecule has 2 aliphatic heterocycles. The zero-order chi connectivity index (χ0) is 21.1. The second-order valence-electron chi connectivity index (χ2n) is 8.12. The van der Waals surface area contributed by atoms with Crippen LogP contribution in [0.25, 0.3) is 0 Å². The van der Waals surface area contributed by atoms with E-state index in [-0.39, 0.29) is 24.0 Å². The van der Waals surface area contributed by atoms with E-state index in [1.165, 1.54) is 0 Å². The van der Waals surface area contributed by atoms with E-state index >= 15 is 0 Å². The highest BCUT2D eigenvalue weighted by Crippen LogP contribution is 2.22. The number of carbonyl (C=O) groups excluding carboxylic acids is 2. The summed E-state index contributed by atoms with van der Waals surface area (Å²) in [4.78, 5) is 32.7. The number of hydrogen-bond acceptors (Lipinski definition) is 6. The van der Waals surface area contributed by atoms with Gasteiger partial charge in [-0.25, -0.2) is 0 Å². The Balaban J connectivity index is 1.27. The molecule has 160 valence electrons. The Bertz CT molecular complexity index is 866. The molecular formula is C21H28N6O3. The molecule has 1 unspecified atom stereocenters. The summed E-state index contributed by atoms with van der Waals surface area (Å²) in [5, 5.41) is 7.42. The Hall–Kier alpha value is -2.94. The topological polar surface area (TPSA) is 92.6 Å². The number of aromatic nitrogens is 3. The molecule has 2 aromatic heterocycles. The maximum Gasteiger partial charge on any atom is 0.274 e. The molecule has 0 aromatic carbocycles. The van der Waals surface area contributed by atoms with Crippen molar-refractivity contribution in [2.24, 2.45) is 0 Å². The van der Waals surface area contributed by atoms with Crippen molar-refractivity contribution in [3.63, 3.8) is 0 Å². The van der Waals surface area contributed by atoms with Crippen LogP contribution in [0, 0.1) is 0 Å². The third-order valence-corrected chi connectivity index (χ3v) is 5.32. The molecule has 1 saturated heterocycles. The van der Waals surface area contributed by atoms with Crippen LogP contribution in [0.1, 0.15) is 30.0 Å². The van der Waals surface area contributed by atoms with Gasteiger partial charge in [-0.1, -0.05) is 0 Å². The zero-order valence-corrected chi connectivity index (χ0v) is 17.5. The monoisotopic (exact) mass is 412 g/mol. The average molecular weight is 412 g/mol. The maximum absolute atomic E-state index is 12.9. The summed E-state index contributed by atoms with van der Waals surface area (Å²) in [5.41, 5.74) is 1.50. The third kappa shape index (κ3) is 4.79. The van der Waals surface area contributed by atoms with Crippen LogP contribution in [0.3, 0.4) is 0 Å². The lowest BCUT2D eigenvalue weighted by atomic mass is 10.2. The van der Waals surface area contributed by atoms with Gasteiger partial charge in [-0.2, -0.15) is 5.10 Å². The van der Waals surface area contributed by atoms with Crippen molar-refractivity contribution in [1.82, 2.24) is 29.9 Å². The summed E-state index contributed by atoms with van der Waals surface area (Å²) >= 11 is 0. The smallest absolute Gasteiger partial charge is 0.274 e. The number of nitrogens with one attached hydrogen (secondary N) is 1. The van der Waals surface area contributed by atoms with Crippen LogP contribution in [0.15, 0.2) is 30.6 Å².